The molecule has 1 atom stereocenters. The molecule has 1 saturated heterocycles. The maximum absolute atomic E-state index is 12.8. The van der Waals surface area contributed by atoms with Crippen LogP contribution in [-0.2, 0) is 11.2 Å². The first-order valence-electron chi connectivity index (χ1n) is 7.72. The molecule has 3 rings (SSSR count). The van der Waals surface area contributed by atoms with Gasteiger partial charge in [-0.1, -0.05) is 30.3 Å². The van der Waals surface area contributed by atoms with Gasteiger partial charge in [-0.2, -0.15) is 0 Å². The molecule has 2 heterocycles. The summed E-state index contributed by atoms with van der Waals surface area (Å²) in [7, 11) is 0. The summed E-state index contributed by atoms with van der Waals surface area (Å²) in [4.78, 5) is 14.7. The van der Waals surface area contributed by atoms with Gasteiger partial charge in [-0.05, 0) is 31.4 Å². The third-order valence-electron chi connectivity index (χ3n) is 4.15. The van der Waals surface area contributed by atoms with Crippen molar-refractivity contribution in [3.05, 3.63) is 59.5 Å². The molecule has 1 amide bonds. The van der Waals surface area contributed by atoms with Gasteiger partial charge in [0.2, 0.25) is 0 Å². The van der Waals surface area contributed by atoms with Crippen molar-refractivity contribution in [2.24, 2.45) is 0 Å². The fourth-order valence-electron chi connectivity index (χ4n) is 2.83. The first-order valence-corrected chi connectivity index (χ1v) is 7.72. The number of amides is 1. The van der Waals surface area contributed by atoms with Crippen LogP contribution >= 0.6 is 0 Å². The van der Waals surface area contributed by atoms with Crippen molar-refractivity contribution >= 4 is 5.91 Å². The molecule has 116 valence electrons. The molecule has 1 unspecified atom stereocenters. The molecule has 22 heavy (non-hydrogen) atoms. The molecular weight excluding hydrogens is 278 g/mol. The van der Waals surface area contributed by atoms with Gasteiger partial charge in [0, 0.05) is 18.7 Å². The zero-order chi connectivity index (χ0) is 15.4. The molecule has 0 aliphatic carbocycles. The van der Waals surface area contributed by atoms with Crippen LogP contribution in [0.5, 0.6) is 0 Å². The highest BCUT2D eigenvalue weighted by molar-refractivity contribution is 5.93. The van der Waals surface area contributed by atoms with Crippen molar-refractivity contribution in [3.8, 4) is 0 Å². The highest BCUT2D eigenvalue weighted by Crippen LogP contribution is 2.19. The lowest BCUT2D eigenvalue weighted by Crippen LogP contribution is -2.42. The Morgan fingerprint density at radius 3 is 2.73 bits per heavy atom. The topological polar surface area (TPSA) is 42.7 Å². The number of benzene rings is 1. The lowest BCUT2D eigenvalue weighted by Gasteiger charge is -2.27. The Balaban J connectivity index is 1.75. The van der Waals surface area contributed by atoms with E-state index < -0.39 is 0 Å². The third-order valence-corrected chi connectivity index (χ3v) is 4.15. The Kier molecular flexibility index (Phi) is 4.59. The minimum atomic E-state index is -0.0334. The highest BCUT2D eigenvalue weighted by Gasteiger charge is 2.30. The first kappa shape index (κ1) is 14.9. The molecule has 1 fully saturated rings. The predicted octanol–water partition coefficient (Wildman–Crippen LogP) is 3.06. The van der Waals surface area contributed by atoms with E-state index >= 15 is 0 Å². The summed E-state index contributed by atoms with van der Waals surface area (Å²) in [5.41, 5.74) is 2.11. The van der Waals surface area contributed by atoms with Crippen molar-refractivity contribution < 1.29 is 13.9 Å². The van der Waals surface area contributed by atoms with E-state index in [-0.39, 0.29) is 11.9 Å². The van der Waals surface area contributed by atoms with Crippen LogP contribution in [0.25, 0.3) is 0 Å². The van der Waals surface area contributed by atoms with Gasteiger partial charge < -0.3 is 14.1 Å². The molecule has 1 aliphatic rings. The average Bonchev–Trinajstić information content (AvgIpc) is 3.20. The van der Waals surface area contributed by atoms with Crippen molar-refractivity contribution in [2.75, 3.05) is 19.8 Å². The number of carbonyl (C=O) groups excluding carboxylic acids is 1. The van der Waals surface area contributed by atoms with Crippen molar-refractivity contribution in [1.82, 2.24) is 4.90 Å². The summed E-state index contributed by atoms with van der Waals surface area (Å²) in [6.07, 6.45) is 3.30. The molecule has 4 heteroatoms. The summed E-state index contributed by atoms with van der Waals surface area (Å²) >= 11 is 0. The quantitative estimate of drug-likeness (QED) is 0.852. The van der Waals surface area contributed by atoms with E-state index in [1.165, 1.54) is 5.56 Å². The Morgan fingerprint density at radius 2 is 2.09 bits per heavy atom. The third kappa shape index (κ3) is 3.22. The second kappa shape index (κ2) is 6.79. The zero-order valence-corrected chi connectivity index (χ0v) is 12.8. The van der Waals surface area contributed by atoms with Gasteiger partial charge in [0.05, 0.1) is 18.9 Å². The average molecular weight is 299 g/mol. The largest absolute Gasteiger partial charge is 0.459 e. The molecule has 0 spiro atoms. The number of carbonyl (C=O) groups is 1. The van der Waals surface area contributed by atoms with Crippen LogP contribution in [0.15, 0.2) is 47.1 Å². The minimum absolute atomic E-state index is 0.0334. The first-order chi connectivity index (χ1) is 10.8. The molecule has 4 nitrogen and oxygen atoms in total. The highest BCUT2D eigenvalue weighted by atomic mass is 16.5. The van der Waals surface area contributed by atoms with E-state index in [2.05, 4.69) is 12.1 Å². The monoisotopic (exact) mass is 299 g/mol. The van der Waals surface area contributed by atoms with Crippen LogP contribution in [0, 0.1) is 6.92 Å². The molecule has 1 aliphatic heterocycles. The van der Waals surface area contributed by atoms with Gasteiger partial charge in [0.25, 0.3) is 5.91 Å². The van der Waals surface area contributed by atoms with E-state index in [0.29, 0.717) is 18.9 Å². The molecule has 1 aromatic carbocycles. The lowest BCUT2D eigenvalue weighted by molar-refractivity contribution is 0.0623. The van der Waals surface area contributed by atoms with Crippen LogP contribution in [0.2, 0.25) is 0 Å². The molecule has 0 radical (unpaired) electrons. The van der Waals surface area contributed by atoms with E-state index in [9.17, 15) is 4.79 Å². The van der Waals surface area contributed by atoms with Crippen LogP contribution in [0.1, 0.15) is 28.1 Å². The summed E-state index contributed by atoms with van der Waals surface area (Å²) < 4.78 is 10.8. The number of furan rings is 1. The summed E-state index contributed by atoms with van der Waals surface area (Å²) in [5.74, 6) is 0.411. The maximum atomic E-state index is 12.8. The van der Waals surface area contributed by atoms with Crippen molar-refractivity contribution in [3.63, 3.8) is 0 Å². The lowest BCUT2D eigenvalue weighted by atomic mass is 10.1. The predicted molar refractivity (Wildman–Crippen MR) is 83.9 cm³/mol. The van der Waals surface area contributed by atoms with Gasteiger partial charge in [-0.25, -0.2) is 0 Å². The van der Waals surface area contributed by atoms with Gasteiger partial charge in [0.1, 0.15) is 0 Å². The van der Waals surface area contributed by atoms with E-state index in [0.717, 1.165) is 25.0 Å². The fourth-order valence-corrected chi connectivity index (χ4v) is 2.83. The number of hydrogen-bond acceptors (Lipinski definition) is 3. The van der Waals surface area contributed by atoms with Gasteiger partial charge in [0.15, 0.2) is 5.76 Å². The summed E-state index contributed by atoms with van der Waals surface area (Å²) in [6.45, 7) is 3.91. The molecular formula is C18H21NO3. The normalized spacial score (nSPS) is 17.6. The maximum Gasteiger partial charge on any atom is 0.290 e. The second-order valence-electron chi connectivity index (χ2n) is 5.68. The molecule has 0 N–H and O–H groups in total. The summed E-state index contributed by atoms with van der Waals surface area (Å²) in [6, 6.07) is 12.2. The Hall–Kier alpha value is -2.07. The van der Waals surface area contributed by atoms with Crippen LogP contribution in [0.3, 0.4) is 0 Å². The molecule has 2 aromatic rings. The SMILES string of the molecule is Cc1ccoc1C(=O)N(CCc1ccccc1)C1CCOC1. The van der Waals surface area contributed by atoms with Crippen LogP contribution in [0.4, 0.5) is 0 Å². The number of ether oxygens (including phenoxy) is 1. The number of aryl methyl sites for hydroxylation is 1. The van der Waals surface area contributed by atoms with Crippen molar-refractivity contribution in [2.45, 2.75) is 25.8 Å². The Labute approximate surface area is 130 Å². The fraction of sp³-hybridized carbons (Fsp3) is 0.389. The molecule has 1 aromatic heterocycles. The van der Waals surface area contributed by atoms with E-state index in [4.69, 9.17) is 9.15 Å². The van der Waals surface area contributed by atoms with Crippen LogP contribution < -0.4 is 0 Å². The number of hydrogen-bond donors (Lipinski definition) is 0. The van der Waals surface area contributed by atoms with Crippen molar-refractivity contribution in [1.29, 1.82) is 0 Å². The summed E-state index contributed by atoms with van der Waals surface area (Å²) in [5, 5.41) is 0. The van der Waals surface area contributed by atoms with Gasteiger partial charge >= 0.3 is 0 Å². The molecule has 0 saturated carbocycles. The Morgan fingerprint density at radius 1 is 1.27 bits per heavy atom. The van der Waals surface area contributed by atoms with Gasteiger partial charge in [-0.3, -0.25) is 4.79 Å². The standard InChI is InChI=1S/C18H21NO3/c1-14-8-12-22-17(14)18(20)19(16-9-11-21-13-16)10-7-15-5-3-2-4-6-15/h2-6,8,12,16H,7,9-11,13H2,1H3. The number of rotatable bonds is 5. The van der Waals surface area contributed by atoms with E-state index in [1.54, 1.807) is 6.26 Å². The van der Waals surface area contributed by atoms with Gasteiger partial charge in [-0.15, -0.1) is 0 Å². The second-order valence-corrected chi connectivity index (χ2v) is 5.68. The smallest absolute Gasteiger partial charge is 0.290 e. The minimum Gasteiger partial charge on any atom is -0.459 e. The van der Waals surface area contributed by atoms with E-state index in [1.807, 2.05) is 36.1 Å². The molecule has 0 bridgehead atoms. The van der Waals surface area contributed by atoms with Crippen LogP contribution in [-0.4, -0.2) is 36.6 Å². The zero-order valence-electron chi connectivity index (χ0n) is 12.8. The number of nitrogens with zero attached hydrogens (tertiary/aromatic N) is 1. The Bertz CT molecular complexity index is 614.